The van der Waals surface area contributed by atoms with Crippen LogP contribution in [0.2, 0.25) is 0 Å². The van der Waals surface area contributed by atoms with E-state index in [1.165, 1.54) is 4.68 Å². The first-order valence-corrected chi connectivity index (χ1v) is 8.37. The molecule has 7 heteroatoms. The molecule has 2 aromatic rings. The Morgan fingerprint density at radius 3 is 2.38 bits per heavy atom. The Balaban J connectivity index is 2.54. The number of aromatic nitrogens is 2. The third-order valence-electron chi connectivity index (χ3n) is 3.28. The van der Waals surface area contributed by atoms with Crippen molar-refractivity contribution in [1.82, 2.24) is 9.36 Å². The third-order valence-corrected chi connectivity index (χ3v) is 4.75. The van der Waals surface area contributed by atoms with Crippen LogP contribution >= 0.6 is 0 Å². The van der Waals surface area contributed by atoms with Crippen molar-refractivity contribution in [3.63, 3.8) is 0 Å². The van der Waals surface area contributed by atoms with Gasteiger partial charge < -0.3 is 0 Å². The van der Waals surface area contributed by atoms with E-state index in [1.807, 2.05) is 18.2 Å². The molecule has 0 unspecified atom stereocenters. The van der Waals surface area contributed by atoms with Crippen LogP contribution in [0.3, 0.4) is 0 Å². The maximum atomic E-state index is 12.5. The van der Waals surface area contributed by atoms with Crippen LogP contribution in [0.5, 0.6) is 0 Å². The Morgan fingerprint density at radius 1 is 1.19 bits per heavy atom. The molecule has 1 aromatic carbocycles. The van der Waals surface area contributed by atoms with Crippen molar-refractivity contribution >= 4 is 15.7 Å². The number of anilines is 1. The summed E-state index contributed by atoms with van der Waals surface area (Å²) in [6, 6.07) is 9.10. The van der Waals surface area contributed by atoms with E-state index in [2.05, 4.69) is 4.72 Å². The maximum Gasteiger partial charge on any atom is 0.296 e. The zero-order valence-electron chi connectivity index (χ0n) is 12.3. The number of benzene rings is 1. The van der Waals surface area contributed by atoms with Gasteiger partial charge in [0.25, 0.3) is 5.56 Å². The van der Waals surface area contributed by atoms with E-state index in [0.717, 1.165) is 0 Å². The molecule has 0 saturated heterocycles. The second-order valence-corrected chi connectivity index (χ2v) is 6.70. The van der Waals surface area contributed by atoms with Crippen LogP contribution in [0.25, 0.3) is 5.69 Å². The summed E-state index contributed by atoms with van der Waals surface area (Å²) in [5.41, 5.74) is 0.994. The van der Waals surface area contributed by atoms with E-state index in [-0.39, 0.29) is 17.0 Å². The van der Waals surface area contributed by atoms with Crippen molar-refractivity contribution in [2.45, 2.75) is 20.3 Å². The van der Waals surface area contributed by atoms with E-state index < -0.39 is 10.0 Å². The molecule has 0 aliphatic carbocycles. The SMILES string of the molecule is CCCS(=O)(=O)Nc1c(C)n(C)n(-c2ccccc2)c1=O. The van der Waals surface area contributed by atoms with Crippen molar-refractivity contribution in [1.29, 1.82) is 0 Å². The lowest BCUT2D eigenvalue weighted by molar-refractivity contribution is 0.600. The number of rotatable bonds is 5. The van der Waals surface area contributed by atoms with Gasteiger partial charge in [-0.15, -0.1) is 0 Å². The van der Waals surface area contributed by atoms with Gasteiger partial charge in [-0.1, -0.05) is 25.1 Å². The number of hydrogen-bond donors (Lipinski definition) is 1. The van der Waals surface area contributed by atoms with Crippen LogP contribution in [0.1, 0.15) is 19.0 Å². The van der Waals surface area contributed by atoms with Crippen molar-refractivity contribution in [3.05, 3.63) is 46.4 Å². The Labute approximate surface area is 124 Å². The molecule has 0 bridgehead atoms. The van der Waals surface area contributed by atoms with E-state index in [0.29, 0.717) is 17.8 Å². The fourth-order valence-electron chi connectivity index (χ4n) is 2.16. The predicted molar refractivity (Wildman–Crippen MR) is 83.4 cm³/mol. The fraction of sp³-hybridized carbons (Fsp3) is 0.357. The summed E-state index contributed by atoms with van der Waals surface area (Å²) in [7, 11) is -1.77. The number of nitrogens with zero attached hydrogens (tertiary/aromatic N) is 2. The Hall–Kier alpha value is -2.02. The maximum absolute atomic E-state index is 12.5. The molecule has 0 saturated carbocycles. The smallest absolute Gasteiger partial charge is 0.283 e. The van der Waals surface area contributed by atoms with Gasteiger partial charge in [0.05, 0.1) is 17.1 Å². The summed E-state index contributed by atoms with van der Waals surface area (Å²) < 4.78 is 29.3. The molecule has 0 spiro atoms. The molecule has 0 radical (unpaired) electrons. The highest BCUT2D eigenvalue weighted by molar-refractivity contribution is 7.92. The Morgan fingerprint density at radius 2 is 1.81 bits per heavy atom. The zero-order valence-corrected chi connectivity index (χ0v) is 13.1. The van der Waals surface area contributed by atoms with Crippen LogP contribution in [-0.4, -0.2) is 23.5 Å². The minimum Gasteiger partial charge on any atom is -0.283 e. The Bertz CT molecular complexity index is 789. The van der Waals surface area contributed by atoms with E-state index in [9.17, 15) is 13.2 Å². The molecule has 114 valence electrons. The normalized spacial score (nSPS) is 11.6. The minimum atomic E-state index is -3.49. The van der Waals surface area contributed by atoms with Crippen LogP contribution < -0.4 is 10.3 Å². The summed E-state index contributed by atoms with van der Waals surface area (Å²) in [6.45, 7) is 3.49. The highest BCUT2D eigenvalue weighted by Gasteiger charge is 2.20. The van der Waals surface area contributed by atoms with Crippen LogP contribution in [-0.2, 0) is 17.1 Å². The molecule has 0 fully saturated rings. The molecule has 6 nitrogen and oxygen atoms in total. The molecule has 0 atom stereocenters. The van der Waals surface area contributed by atoms with Gasteiger partial charge in [-0.2, -0.15) is 0 Å². The molecular formula is C14H19N3O3S. The van der Waals surface area contributed by atoms with Crippen molar-refractivity contribution < 1.29 is 8.42 Å². The molecule has 1 N–H and O–H groups in total. The first-order valence-electron chi connectivity index (χ1n) is 6.72. The average molecular weight is 309 g/mol. The summed E-state index contributed by atoms with van der Waals surface area (Å²) in [6.07, 6.45) is 0.494. The minimum absolute atomic E-state index is 0.00783. The van der Waals surface area contributed by atoms with E-state index in [4.69, 9.17) is 0 Å². The van der Waals surface area contributed by atoms with Gasteiger partial charge in [-0.25, -0.2) is 13.1 Å². The molecule has 1 heterocycles. The number of para-hydroxylation sites is 1. The number of hydrogen-bond acceptors (Lipinski definition) is 3. The lowest BCUT2D eigenvalue weighted by atomic mass is 10.3. The van der Waals surface area contributed by atoms with Crippen molar-refractivity contribution in [2.24, 2.45) is 7.05 Å². The van der Waals surface area contributed by atoms with Gasteiger partial charge in [-0.05, 0) is 25.5 Å². The predicted octanol–water partition coefficient (Wildman–Crippen LogP) is 1.64. The molecule has 0 aliphatic rings. The first kappa shape index (κ1) is 15.4. The molecule has 2 rings (SSSR count). The summed E-state index contributed by atoms with van der Waals surface area (Å²) >= 11 is 0. The summed E-state index contributed by atoms with van der Waals surface area (Å²) in [4.78, 5) is 12.5. The molecule has 1 aromatic heterocycles. The second kappa shape index (κ2) is 5.77. The van der Waals surface area contributed by atoms with Gasteiger partial charge in [0, 0.05) is 7.05 Å². The lowest BCUT2D eigenvalue weighted by Gasteiger charge is -2.07. The van der Waals surface area contributed by atoms with E-state index >= 15 is 0 Å². The molecule has 0 aliphatic heterocycles. The molecule has 0 amide bonds. The van der Waals surface area contributed by atoms with Crippen LogP contribution in [0.15, 0.2) is 35.1 Å². The largest absolute Gasteiger partial charge is 0.296 e. The summed E-state index contributed by atoms with van der Waals surface area (Å²) in [5, 5.41) is 0. The molecule has 21 heavy (non-hydrogen) atoms. The first-order chi connectivity index (χ1) is 9.87. The highest BCUT2D eigenvalue weighted by atomic mass is 32.2. The standard InChI is InChI=1S/C14H19N3O3S/c1-4-10-21(19,20)15-13-11(2)16(3)17(14(13)18)12-8-6-5-7-9-12/h5-9,15H,4,10H2,1-3H3. The quantitative estimate of drug-likeness (QED) is 0.912. The summed E-state index contributed by atoms with van der Waals surface area (Å²) in [5.74, 6) is -0.00783. The van der Waals surface area contributed by atoms with Crippen LogP contribution in [0, 0.1) is 6.92 Å². The average Bonchev–Trinajstić information content (AvgIpc) is 2.63. The number of nitrogens with one attached hydrogen (secondary N) is 1. The molecular weight excluding hydrogens is 290 g/mol. The van der Waals surface area contributed by atoms with Gasteiger partial charge in [0.2, 0.25) is 10.0 Å². The highest BCUT2D eigenvalue weighted by Crippen LogP contribution is 2.15. The Kier molecular flexibility index (Phi) is 4.22. The second-order valence-electron chi connectivity index (χ2n) is 4.86. The fourth-order valence-corrected chi connectivity index (χ4v) is 3.35. The topological polar surface area (TPSA) is 73.1 Å². The van der Waals surface area contributed by atoms with Crippen LogP contribution in [0.4, 0.5) is 5.69 Å². The number of sulfonamides is 1. The van der Waals surface area contributed by atoms with Gasteiger partial charge in [0.1, 0.15) is 5.69 Å². The zero-order chi connectivity index (χ0) is 15.6. The lowest BCUT2D eigenvalue weighted by Crippen LogP contribution is -2.24. The monoisotopic (exact) mass is 309 g/mol. The van der Waals surface area contributed by atoms with Gasteiger partial charge in [0.15, 0.2) is 0 Å². The van der Waals surface area contributed by atoms with Gasteiger partial charge >= 0.3 is 0 Å². The van der Waals surface area contributed by atoms with Crippen molar-refractivity contribution in [2.75, 3.05) is 10.5 Å². The van der Waals surface area contributed by atoms with Gasteiger partial charge in [-0.3, -0.25) is 14.2 Å². The third kappa shape index (κ3) is 3.02. The van der Waals surface area contributed by atoms with Crippen molar-refractivity contribution in [3.8, 4) is 5.69 Å². The van der Waals surface area contributed by atoms with E-state index in [1.54, 1.807) is 37.7 Å².